The molecule has 0 atom stereocenters. The monoisotopic (exact) mass is 264 g/mol. The van der Waals surface area contributed by atoms with E-state index in [0.717, 1.165) is 0 Å². The molecule has 0 saturated carbocycles. The highest BCUT2D eigenvalue weighted by molar-refractivity contribution is 6.34. The Labute approximate surface area is 105 Å². The van der Waals surface area contributed by atoms with Gasteiger partial charge in [0.05, 0.1) is 22.4 Å². The van der Waals surface area contributed by atoms with Crippen molar-refractivity contribution in [1.82, 2.24) is 9.97 Å². The number of halogens is 2. The number of rotatable bonds is 2. The fourth-order valence-corrected chi connectivity index (χ4v) is 2.07. The largest absolute Gasteiger partial charge is 0.453 e. The molecule has 2 heterocycles. The van der Waals surface area contributed by atoms with E-state index in [1.165, 1.54) is 18.5 Å². The fraction of sp³-hybridized carbons (Fsp3) is 0. The topological polar surface area (TPSA) is 58.9 Å². The van der Waals surface area contributed by atoms with Crippen LogP contribution >= 0.6 is 11.6 Å². The maximum absolute atomic E-state index is 14.2. The Morgan fingerprint density at radius 1 is 1.44 bits per heavy atom. The van der Waals surface area contributed by atoms with Crippen LogP contribution in [0.25, 0.3) is 22.4 Å². The minimum Gasteiger partial charge on any atom is -0.453 e. The number of H-pyrrole nitrogens is 1. The van der Waals surface area contributed by atoms with Gasteiger partial charge in [-0.1, -0.05) is 11.6 Å². The third kappa shape index (κ3) is 1.52. The predicted molar refractivity (Wildman–Crippen MR) is 64.2 cm³/mol. The first-order chi connectivity index (χ1) is 8.70. The van der Waals surface area contributed by atoms with Crippen molar-refractivity contribution in [3.8, 4) is 11.3 Å². The fourth-order valence-electron chi connectivity index (χ4n) is 1.79. The summed E-state index contributed by atoms with van der Waals surface area (Å²) in [4.78, 5) is 17.2. The first-order valence-corrected chi connectivity index (χ1v) is 5.45. The molecule has 0 fully saturated rings. The van der Waals surface area contributed by atoms with E-state index in [1.54, 1.807) is 6.07 Å². The minimum absolute atomic E-state index is 0.101. The zero-order chi connectivity index (χ0) is 12.7. The van der Waals surface area contributed by atoms with Crippen LogP contribution in [0.1, 0.15) is 10.6 Å². The van der Waals surface area contributed by atoms with E-state index in [1.807, 2.05) is 0 Å². The summed E-state index contributed by atoms with van der Waals surface area (Å²) in [7, 11) is 0. The lowest BCUT2D eigenvalue weighted by Gasteiger charge is -2.03. The summed E-state index contributed by atoms with van der Waals surface area (Å²) in [6, 6.07) is 4.50. The van der Waals surface area contributed by atoms with Crippen LogP contribution in [0.4, 0.5) is 4.39 Å². The van der Waals surface area contributed by atoms with Crippen LogP contribution < -0.4 is 0 Å². The molecule has 3 rings (SSSR count). The average molecular weight is 265 g/mol. The summed E-state index contributed by atoms with van der Waals surface area (Å²) >= 11 is 6.02. The highest BCUT2D eigenvalue weighted by Gasteiger charge is 2.18. The molecule has 1 N–H and O–H groups in total. The SMILES string of the molecule is O=Cc1ccc(-c2c(Cl)cc3[nH]cnc3c2F)o1. The van der Waals surface area contributed by atoms with Crippen molar-refractivity contribution in [2.24, 2.45) is 0 Å². The molecule has 0 unspecified atom stereocenters. The van der Waals surface area contributed by atoms with Gasteiger partial charge in [-0.25, -0.2) is 9.37 Å². The van der Waals surface area contributed by atoms with Gasteiger partial charge in [0, 0.05) is 0 Å². The molecule has 0 aliphatic rings. The lowest BCUT2D eigenvalue weighted by molar-refractivity contribution is 0.110. The molecule has 0 spiro atoms. The molecule has 0 amide bonds. The molecular formula is C12H6ClFN2O2. The third-order valence-corrected chi connectivity index (χ3v) is 2.89. The zero-order valence-corrected chi connectivity index (χ0v) is 9.66. The molecule has 0 saturated heterocycles. The summed E-state index contributed by atoms with van der Waals surface area (Å²) in [6.07, 6.45) is 1.93. The van der Waals surface area contributed by atoms with Crippen LogP contribution in [0, 0.1) is 5.82 Å². The molecule has 6 heteroatoms. The smallest absolute Gasteiger partial charge is 0.185 e. The van der Waals surface area contributed by atoms with Crippen molar-refractivity contribution in [2.45, 2.75) is 0 Å². The van der Waals surface area contributed by atoms with Crippen molar-refractivity contribution in [3.05, 3.63) is 41.1 Å². The van der Waals surface area contributed by atoms with E-state index >= 15 is 0 Å². The van der Waals surface area contributed by atoms with Gasteiger partial charge in [-0.3, -0.25) is 4.79 Å². The van der Waals surface area contributed by atoms with E-state index in [4.69, 9.17) is 16.0 Å². The van der Waals surface area contributed by atoms with E-state index < -0.39 is 5.82 Å². The number of aromatic nitrogens is 2. The number of aldehydes is 1. The Bertz CT molecular complexity index is 748. The summed E-state index contributed by atoms with van der Waals surface area (Å²) in [5.74, 6) is -0.266. The van der Waals surface area contributed by atoms with E-state index in [0.29, 0.717) is 11.8 Å². The maximum Gasteiger partial charge on any atom is 0.185 e. The van der Waals surface area contributed by atoms with Crippen LogP contribution in [0.2, 0.25) is 5.02 Å². The van der Waals surface area contributed by atoms with E-state index in [9.17, 15) is 9.18 Å². The molecule has 3 aromatic rings. The van der Waals surface area contributed by atoms with Gasteiger partial charge in [-0.05, 0) is 18.2 Å². The third-order valence-electron chi connectivity index (χ3n) is 2.60. The van der Waals surface area contributed by atoms with Crippen LogP contribution in [-0.2, 0) is 0 Å². The second-order valence-electron chi connectivity index (χ2n) is 3.67. The molecular weight excluding hydrogens is 259 g/mol. The maximum atomic E-state index is 14.2. The number of imidazole rings is 1. The minimum atomic E-state index is -0.578. The summed E-state index contributed by atoms with van der Waals surface area (Å²) in [5.41, 5.74) is 0.784. The number of furan rings is 1. The Balaban J connectivity index is 2.30. The molecule has 0 aliphatic heterocycles. The first kappa shape index (κ1) is 11.0. The highest BCUT2D eigenvalue weighted by Crippen LogP contribution is 2.35. The predicted octanol–water partition coefficient (Wildman–Crippen LogP) is 3.43. The molecule has 2 aromatic heterocycles. The van der Waals surface area contributed by atoms with Crippen molar-refractivity contribution in [2.75, 3.05) is 0 Å². The molecule has 0 aliphatic carbocycles. The zero-order valence-electron chi connectivity index (χ0n) is 8.91. The molecule has 0 bridgehead atoms. The van der Waals surface area contributed by atoms with E-state index in [2.05, 4.69) is 9.97 Å². The number of hydrogen-bond donors (Lipinski definition) is 1. The van der Waals surface area contributed by atoms with Gasteiger partial charge in [0.25, 0.3) is 0 Å². The second-order valence-corrected chi connectivity index (χ2v) is 4.07. The summed E-state index contributed by atoms with van der Waals surface area (Å²) < 4.78 is 19.4. The number of carbonyl (C=O) groups is 1. The Hall–Kier alpha value is -2.14. The van der Waals surface area contributed by atoms with Crippen LogP contribution in [0.15, 0.2) is 28.9 Å². The van der Waals surface area contributed by atoms with Crippen molar-refractivity contribution >= 4 is 28.9 Å². The number of nitrogens with one attached hydrogen (secondary N) is 1. The van der Waals surface area contributed by atoms with E-state index in [-0.39, 0.29) is 27.6 Å². The number of benzene rings is 1. The summed E-state index contributed by atoms with van der Waals surface area (Å²) in [6.45, 7) is 0. The van der Waals surface area contributed by atoms with Crippen LogP contribution in [0.3, 0.4) is 0 Å². The van der Waals surface area contributed by atoms with Gasteiger partial charge < -0.3 is 9.40 Å². The number of carbonyl (C=O) groups excluding carboxylic acids is 1. The van der Waals surface area contributed by atoms with Gasteiger partial charge in [-0.15, -0.1) is 0 Å². The first-order valence-electron chi connectivity index (χ1n) is 5.07. The highest BCUT2D eigenvalue weighted by atomic mass is 35.5. The number of aromatic amines is 1. The Kier molecular flexibility index (Phi) is 2.41. The van der Waals surface area contributed by atoms with Crippen molar-refractivity contribution in [3.63, 3.8) is 0 Å². The number of fused-ring (bicyclic) bond motifs is 1. The van der Waals surface area contributed by atoms with Gasteiger partial charge in [0.15, 0.2) is 17.9 Å². The van der Waals surface area contributed by atoms with Crippen LogP contribution in [0.5, 0.6) is 0 Å². The van der Waals surface area contributed by atoms with Gasteiger partial charge in [0.2, 0.25) is 0 Å². The van der Waals surface area contributed by atoms with Gasteiger partial charge >= 0.3 is 0 Å². The molecule has 0 radical (unpaired) electrons. The lowest BCUT2D eigenvalue weighted by atomic mass is 10.1. The van der Waals surface area contributed by atoms with Gasteiger partial charge in [0.1, 0.15) is 11.3 Å². The summed E-state index contributed by atoms with van der Waals surface area (Å²) in [5, 5.41) is 0.191. The van der Waals surface area contributed by atoms with Crippen LogP contribution in [-0.4, -0.2) is 16.3 Å². The molecule has 90 valence electrons. The Morgan fingerprint density at radius 2 is 2.28 bits per heavy atom. The average Bonchev–Trinajstić information content (AvgIpc) is 2.97. The molecule has 1 aromatic carbocycles. The second kappa shape index (κ2) is 3.96. The normalized spacial score (nSPS) is 11.0. The molecule has 4 nitrogen and oxygen atoms in total. The lowest BCUT2D eigenvalue weighted by Crippen LogP contribution is -1.87. The van der Waals surface area contributed by atoms with Crippen molar-refractivity contribution < 1.29 is 13.6 Å². The standard InChI is InChI=1S/C12H6ClFN2O2/c13-7-3-8-12(16-5-15-8)11(14)10(7)9-2-1-6(4-17)18-9/h1-5H,(H,15,16). The molecule has 18 heavy (non-hydrogen) atoms. The van der Waals surface area contributed by atoms with Crippen molar-refractivity contribution in [1.29, 1.82) is 0 Å². The van der Waals surface area contributed by atoms with Gasteiger partial charge in [-0.2, -0.15) is 0 Å². The number of nitrogens with zero attached hydrogens (tertiary/aromatic N) is 1. The quantitative estimate of drug-likeness (QED) is 0.722. The number of hydrogen-bond acceptors (Lipinski definition) is 3. The Morgan fingerprint density at radius 3 is 3.00 bits per heavy atom.